The van der Waals surface area contributed by atoms with Gasteiger partial charge in [-0.15, -0.1) is 11.3 Å². The number of thiazole rings is 1. The number of esters is 1. The van der Waals surface area contributed by atoms with Crippen LogP contribution in [0.2, 0.25) is 0 Å². The van der Waals surface area contributed by atoms with Gasteiger partial charge in [0.1, 0.15) is 5.82 Å². The van der Waals surface area contributed by atoms with Crippen molar-refractivity contribution in [3.05, 3.63) is 40.5 Å². The molecule has 0 amide bonds. The topological polar surface area (TPSA) is 39.2 Å². The van der Waals surface area contributed by atoms with Crippen LogP contribution in [0.4, 0.5) is 4.39 Å². The first-order chi connectivity index (χ1) is 8.20. The maximum atomic E-state index is 13.0. The fourth-order valence-corrected chi connectivity index (χ4v) is 2.06. The fourth-order valence-electron chi connectivity index (χ4n) is 1.34. The van der Waals surface area contributed by atoms with E-state index in [0.717, 1.165) is 0 Å². The van der Waals surface area contributed by atoms with Crippen LogP contribution in [0.3, 0.4) is 0 Å². The predicted octanol–water partition coefficient (Wildman–Crippen LogP) is 3.13. The zero-order valence-corrected chi connectivity index (χ0v) is 9.96. The Balaban J connectivity index is 2.27. The van der Waals surface area contributed by atoms with Crippen LogP contribution in [-0.4, -0.2) is 17.6 Å². The summed E-state index contributed by atoms with van der Waals surface area (Å²) >= 11 is 1.19. The van der Waals surface area contributed by atoms with Crippen molar-refractivity contribution < 1.29 is 13.9 Å². The number of ether oxygens (including phenoxy) is 1. The number of halogens is 1. The maximum Gasteiger partial charge on any atom is 0.367 e. The maximum absolute atomic E-state index is 13.0. The Labute approximate surface area is 102 Å². The van der Waals surface area contributed by atoms with Gasteiger partial charge in [0.2, 0.25) is 5.01 Å². The zero-order valence-electron chi connectivity index (χ0n) is 9.14. The average Bonchev–Trinajstić information content (AvgIpc) is 2.78. The van der Waals surface area contributed by atoms with Crippen molar-refractivity contribution in [1.82, 2.24) is 4.98 Å². The lowest BCUT2D eigenvalue weighted by atomic mass is 10.2. The minimum atomic E-state index is -0.444. The predicted molar refractivity (Wildman–Crippen MR) is 63.5 cm³/mol. The van der Waals surface area contributed by atoms with E-state index in [1.54, 1.807) is 24.4 Å². The van der Waals surface area contributed by atoms with E-state index in [1.807, 2.05) is 0 Å². The molecule has 2 rings (SSSR count). The van der Waals surface area contributed by atoms with Gasteiger partial charge in [0.15, 0.2) is 0 Å². The Kier molecular flexibility index (Phi) is 3.49. The van der Waals surface area contributed by atoms with E-state index in [2.05, 4.69) is 4.98 Å². The minimum absolute atomic E-state index is 0.283. The number of hydrogen-bond donors (Lipinski definition) is 0. The molecule has 2 aromatic rings. The summed E-state index contributed by atoms with van der Waals surface area (Å²) in [4.78, 5) is 15.5. The third-order valence-corrected chi connectivity index (χ3v) is 2.90. The summed E-state index contributed by atoms with van der Waals surface area (Å²) in [5.41, 5.74) is 1.23. The number of carbonyl (C=O) groups is 1. The molecule has 0 aliphatic rings. The van der Waals surface area contributed by atoms with Gasteiger partial charge in [-0.05, 0) is 19.1 Å². The summed E-state index contributed by atoms with van der Waals surface area (Å²) in [5, 5.41) is 1.99. The summed E-state index contributed by atoms with van der Waals surface area (Å²) in [6.45, 7) is 2.05. The molecule has 0 saturated carbocycles. The summed E-state index contributed by atoms with van der Waals surface area (Å²) in [7, 11) is 0. The van der Waals surface area contributed by atoms with E-state index < -0.39 is 5.97 Å². The van der Waals surface area contributed by atoms with Crippen LogP contribution in [0.25, 0.3) is 11.3 Å². The molecule has 0 atom stereocenters. The first-order valence-electron chi connectivity index (χ1n) is 5.09. The van der Waals surface area contributed by atoms with Crippen molar-refractivity contribution in [3.8, 4) is 11.3 Å². The molecule has 0 fully saturated rings. The largest absolute Gasteiger partial charge is 0.461 e. The van der Waals surface area contributed by atoms with Crippen molar-refractivity contribution in [2.75, 3.05) is 6.61 Å². The van der Waals surface area contributed by atoms with Crippen molar-refractivity contribution >= 4 is 17.3 Å². The Morgan fingerprint density at radius 3 is 3.06 bits per heavy atom. The highest BCUT2D eigenvalue weighted by Crippen LogP contribution is 2.22. The third kappa shape index (κ3) is 2.68. The molecule has 0 aliphatic carbocycles. The van der Waals surface area contributed by atoms with Gasteiger partial charge >= 0.3 is 5.97 Å². The number of rotatable bonds is 3. The van der Waals surface area contributed by atoms with Crippen LogP contribution >= 0.6 is 11.3 Å². The van der Waals surface area contributed by atoms with Crippen LogP contribution < -0.4 is 0 Å². The summed E-state index contributed by atoms with van der Waals surface area (Å²) in [5.74, 6) is -0.770. The second-order valence-electron chi connectivity index (χ2n) is 3.27. The normalized spacial score (nSPS) is 10.2. The Hall–Kier alpha value is -1.75. The van der Waals surface area contributed by atoms with Gasteiger partial charge in [0.05, 0.1) is 12.3 Å². The van der Waals surface area contributed by atoms with Crippen molar-refractivity contribution in [2.24, 2.45) is 0 Å². The highest BCUT2D eigenvalue weighted by atomic mass is 32.1. The van der Waals surface area contributed by atoms with E-state index in [4.69, 9.17) is 4.74 Å². The van der Waals surface area contributed by atoms with Gasteiger partial charge in [-0.1, -0.05) is 12.1 Å². The van der Waals surface area contributed by atoms with Crippen LogP contribution in [0.5, 0.6) is 0 Å². The van der Waals surface area contributed by atoms with Gasteiger partial charge in [0, 0.05) is 10.9 Å². The molecule has 0 bridgehead atoms. The molecular formula is C12H10FNO2S. The fraction of sp³-hybridized carbons (Fsp3) is 0.167. The molecule has 0 saturated heterocycles. The highest BCUT2D eigenvalue weighted by molar-refractivity contribution is 7.11. The van der Waals surface area contributed by atoms with Crippen LogP contribution in [0.15, 0.2) is 29.6 Å². The average molecular weight is 251 g/mol. The molecule has 0 N–H and O–H groups in total. The lowest BCUT2D eigenvalue weighted by molar-refractivity contribution is 0.0526. The summed E-state index contributed by atoms with van der Waals surface area (Å²) in [6, 6.07) is 6.09. The van der Waals surface area contributed by atoms with E-state index in [9.17, 15) is 9.18 Å². The molecule has 5 heteroatoms. The minimum Gasteiger partial charge on any atom is -0.461 e. The Bertz CT molecular complexity index is 539. The number of hydrogen-bond acceptors (Lipinski definition) is 4. The molecule has 0 spiro atoms. The lowest BCUT2D eigenvalue weighted by Gasteiger charge is -1.97. The zero-order chi connectivity index (χ0) is 12.3. The van der Waals surface area contributed by atoms with E-state index in [1.165, 1.54) is 23.5 Å². The Morgan fingerprint density at radius 1 is 1.53 bits per heavy atom. The van der Waals surface area contributed by atoms with Crippen molar-refractivity contribution in [3.63, 3.8) is 0 Å². The lowest BCUT2D eigenvalue weighted by Crippen LogP contribution is -2.03. The number of benzene rings is 1. The number of carbonyl (C=O) groups excluding carboxylic acids is 1. The molecule has 1 aromatic heterocycles. The van der Waals surface area contributed by atoms with Crippen LogP contribution in [-0.2, 0) is 4.74 Å². The number of aromatic nitrogens is 1. The van der Waals surface area contributed by atoms with Gasteiger partial charge in [-0.2, -0.15) is 0 Å². The summed E-state index contributed by atoms with van der Waals surface area (Å²) in [6.07, 6.45) is 0. The standard InChI is InChI=1S/C12H10FNO2S/c1-2-16-12(15)11-14-10(7-17-11)8-4-3-5-9(13)6-8/h3-7H,2H2,1H3. The third-order valence-electron chi connectivity index (χ3n) is 2.07. The van der Waals surface area contributed by atoms with Crippen molar-refractivity contribution in [1.29, 1.82) is 0 Å². The molecule has 3 nitrogen and oxygen atoms in total. The number of nitrogens with zero attached hydrogens (tertiary/aromatic N) is 1. The van der Waals surface area contributed by atoms with Crippen LogP contribution in [0, 0.1) is 5.82 Å². The molecular weight excluding hydrogens is 241 g/mol. The monoisotopic (exact) mass is 251 g/mol. The van der Waals surface area contributed by atoms with Gasteiger partial charge in [-0.3, -0.25) is 0 Å². The second-order valence-corrected chi connectivity index (χ2v) is 4.13. The second kappa shape index (κ2) is 5.05. The molecule has 0 unspecified atom stereocenters. The first kappa shape index (κ1) is 11.7. The molecule has 0 radical (unpaired) electrons. The quantitative estimate of drug-likeness (QED) is 0.787. The first-order valence-corrected chi connectivity index (χ1v) is 5.97. The molecule has 1 heterocycles. The van der Waals surface area contributed by atoms with E-state index >= 15 is 0 Å². The summed E-state index contributed by atoms with van der Waals surface area (Å²) < 4.78 is 17.9. The Morgan fingerprint density at radius 2 is 2.35 bits per heavy atom. The molecule has 88 valence electrons. The SMILES string of the molecule is CCOC(=O)c1nc(-c2cccc(F)c2)cs1. The van der Waals surface area contributed by atoms with E-state index in [-0.39, 0.29) is 10.8 Å². The van der Waals surface area contributed by atoms with Gasteiger partial charge in [0.25, 0.3) is 0 Å². The molecule has 1 aromatic carbocycles. The van der Waals surface area contributed by atoms with Gasteiger partial charge < -0.3 is 4.74 Å². The van der Waals surface area contributed by atoms with E-state index in [0.29, 0.717) is 17.9 Å². The highest BCUT2D eigenvalue weighted by Gasteiger charge is 2.12. The van der Waals surface area contributed by atoms with Crippen LogP contribution in [0.1, 0.15) is 16.7 Å². The molecule has 17 heavy (non-hydrogen) atoms. The smallest absolute Gasteiger partial charge is 0.367 e. The van der Waals surface area contributed by atoms with Crippen molar-refractivity contribution in [2.45, 2.75) is 6.92 Å². The molecule has 0 aliphatic heterocycles. The van der Waals surface area contributed by atoms with Gasteiger partial charge in [-0.25, -0.2) is 14.2 Å².